The first-order chi connectivity index (χ1) is 15.0. The number of carboxylic acids is 2. The number of hydrogen-bond donors (Lipinski definition) is 2. The van der Waals surface area contributed by atoms with Crippen molar-refractivity contribution in [2.24, 2.45) is 0 Å². The van der Waals surface area contributed by atoms with Crippen molar-refractivity contribution < 1.29 is 28.2 Å². The normalized spacial score (nSPS) is 11.0. The van der Waals surface area contributed by atoms with Gasteiger partial charge in [-0.1, -0.05) is 23.7 Å². The number of aliphatic carboxylic acids is 2. The molecule has 8 nitrogen and oxygen atoms in total. The minimum absolute atomic E-state index is 0.278. The van der Waals surface area contributed by atoms with E-state index in [1.54, 1.807) is 36.7 Å². The van der Waals surface area contributed by atoms with Crippen LogP contribution in [0.2, 0.25) is 5.02 Å². The topological polar surface area (TPSA) is 135 Å². The fraction of sp³-hybridized carbons (Fsp3) is 0.0909. The van der Waals surface area contributed by atoms with E-state index in [9.17, 15) is 18.0 Å². The average molecular weight is 475 g/mol. The lowest BCUT2D eigenvalue weighted by atomic mass is 10.0. The van der Waals surface area contributed by atoms with Gasteiger partial charge in [0.15, 0.2) is 9.84 Å². The second-order valence-electron chi connectivity index (χ2n) is 6.54. The molecule has 2 N–H and O–H groups in total. The third-order valence-corrected chi connectivity index (χ3v) is 5.34. The molecule has 0 amide bonds. The number of carbonyl (C=O) groups is 2. The molecule has 0 saturated carbocycles. The van der Waals surface area contributed by atoms with Gasteiger partial charge in [0.25, 0.3) is 0 Å². The van der Waals surface area contributed by atoms with Gasteiger partial charge in [0.2, 0.25) is 0 Å². The lowest BCUT2D eigenvalue weighted by Gasteiger charge is -2.10. The molecule has 2 heterocycles. The summed E-state index contributed by atoms with van der Waals surface area (Å²) in [5.41, 5.74) is 4.21. The summed E-state index contributed by atoms with van der Waals surface area (Å²) in [6, 6.07) is 12.4. The van der Waals surface area contributed by atoms with Gasteiger partial charge >= 0.3 is 11.9 Å². The molecule has 0 unspecified atom stereocenters. The van der Waals surface area contributed by atoms with E-state index in [2.05, 4.69) is 9.97 Å². The lowest BCUT2D eigenvalue weighted by Crippen LogP contribution is -1.97. The molecular weight excluding hydrogens is 456 g/mol. The van der Waals surface area contributed by atoms with Crippen molar-refractivity contribution >= 4 is 33.4 Å². The molecule has 0 atom stereocenters. The van der Waals surface area contributed by atoms with Crippen LogP contribution in [0.15, 0.2) is 71.9 Å². The van der Waals surface area contributed by atoms with Gasteiger partial charge < -0.3 is 10.2 Å². The molecule has 0 fully saturated rings. The van der Waals surface area contributed by atoms with Gasteiger partial charge in [-0.25, -0.2) is 18.0 Å². The summed E-state index contributed by atoms with van der Waals surface area (Å²) >= 11 is 6.11. The zero-order valence-corrected chi connectivity index (χ0v) is 18.6. The fourth-order valence-electron chi connectivity index (χ4n) is 2.52. The highest BCUT2D eigenvalue weighted by Crippen LogP contribution is 2.32. The second kappa shape index (κ2) is 10.7. The van der Waals surface area contributed by atoms with Crippen molar-refractivity contribution in [1.82, 2.24) is 9.97 Å². The molecule has 1 aromatic carbocycles. The Morgan fingerprint density at radius 2 is 1.47 bits per heavy atom. The van der Waals surface area contributed by atoms with E-state index in [0.717, 1.165) is 28.1 Å². The van der Waals surface area contributed by atoms with Crippen molar-refractivity contribution in [3.05, 3.63) is 77.7 Å². The molecular formula is C22H19ClN2O6S. The molecule has 3 rings (SSSR count). The highest BCUT2D eigenvalue weighted by Gasteiger charge is 2.12. The number of aromatic nitrogens is 2. The third kappa shape index (κ3) is 7.29. The van der Waals surface area contributed by atoms with Crippen LogP contribution in [0.1, 0.15) is 5.69 Å². The molecule has 0 bridgehead atoms. The Hall–Kier alpha value is -3.56. The molecule has 32 heavy (non-hydrogen) atoms. The van der Waals surface area contributed by atoms with Crippen molar-refractivity contribution in [3.8, 4) is 22.4 Å². The van der Waals surface area contributed by atoms with E-state index < -0.39 is 21.8 Å². The second-order valence-corrected chi connectivity index (χ2v) is 9.00. The van der Waals surface area contributed by atoms with Gasteiger partial charge in [-0.05, 0) is 42.8 Å². The zero-order chi connectivity index (χ0) is 23.9. The Bertz CT molecular complexity index is 1240. The monoisotopic (exact) mass is 474 g/mol. The molecule has 0 radical (unpaired) electrons. The molecule has 0 spiro atoms. The van der Waals surface area contributed by atoms with Gasteiger partial charge in [0, 0.05) is 47.6 Å². The van der Waals surface area contributed by atoms with Crippen LogP contribution in [-0.2, 0) is 19.4 Å². The number of benzene rings is 1. The number of hydrogen-bond acceptors (Lipinski definition) is 6. The first kappa shape index (κ1) is 24.7. The maximum Gasteiger partial charge on any atom is 0.328 e. The maximum absolute atomic E-state index is 11.6. The summed E-state index contributed by atoms with van der Waals surface area (Å²) in [5.74, 6) is -2.51. The number of halogens is 1. The predicted octanol–water partition coefficient (Wildman–Crippen LogP) is 3.89. The molecule has 10 heteroatoms. The SMILES string of the molecule is Cc1ccc(-c2ncc(Cl)cc2-c2ccc(S(C)(=O)=O)cc2)cn1.O=C(O)/C=C/C(=O)O. The van der Waals surface area contributed by atoms with Gasteiger partial charge in [0.05, 0.1) is 15.6 Å². The molecule has 0 aliphatic rings. The van der Waals surface area contributed by atoms with Crippen molar-refractivity contribution in [2.75, 3.05) is 6.26 Å². The summed E-state index contributed by atoms with van der Waals surface area (Å²) in [6.07, 6.45) is 5.65. The highest BCUT2D eigenvalue weighted by molar-refractivity contribution is 7.90. The lowest BCUT2D eigenvalue weighted by molar-refractivity contribution is -0.134. The molecule has 166 valence electrons. The number of carboxylic acid groups (broad SMARTS) is 2. The molecule has 3 aromatic rings. The Morgan fingerprint density at radius 3 is 1.94 bits per heavy atom. The smallest absolute Gasteiger partial charge is 0.328 e. The van der Waals surface area contributed by atoms with Crippen molar-refractivity contribution in [1.29, 1.82) is 0 Å². The molecule has 0 aliphatic carbocycles. The Labute approximate surface area is 189 Å². The summed E-state index contributed by atoms with van der Waals surface area (Å²) in [6.45, 7) is 1.92. The number of aryl methyl sites for hydroxylation is 1. The first-order valence-corrected chi connectivity index (χ1v) is 11.3. The van der Waals surface area contributed by atoms with E-state index in [4.69, 9.17) is 21.8 Å². The van der Waals surface area contributed by atoms with E-state index in [1.807, 2.05) is 25.1 Å². The highest BCUT2D eigenvalue weighted by atomic mass is 35.5. The van der Waals surface area contributed by atoms with Gasteiger partial charge in [0.1, 0.15) is 0 Å². The van der Waals surface area contributed by atoms with Crippen LogP contribution in [-0.4, -0.2) is 46.8 Å². The minimum atomic E-state index is -3.23. The summed E-state index contributed by atoms with van der Waals surface area (Å²) in [7, 11) is -3.23. The van der Waals surface area contributed by atoms with E-state index in [1.165, 1.54) is 6.26 Å². The van der Waals surface area contributed by atoms with Crippen LogP contribution in [0.5, 0.6) is 0 Å². The van der Waals surface area contributed by atoms with Crippen LogP contribution in [0.4, 0.5) is 0 Å². The van der Waals surface area contributed by atoms with Crippen LogP contribution in [0, 0.1) is 6.92 Å². The van der Waals surface area contributed by atoms with Crippen molar-refractivity contribution in [3.63, 3.8) is 0 Å². The van der Waals surface area contributed by atoms with E-state index in [-0.39, 0.29) is 4.90 Å². The Balaban J connectivity index is 0.000000390. The van der Waals surface area contributed by atoms with E-state index in [0.29, 0.717) is 17.2 Å². The van der Waals surface area contributed by atoms with E-state index >= 15 is 0 Å². The van der Waals surface area contributed by atoms with Crippen LogP contribution >= 0.6 is 11.6 Å². The Morgan fingerprint density at radius 1 is 0.906 bits per heavy atom. The quantitative estimate of drug-likeness (QED) is 0.532. The Kier molecular flexibility index (Phi) is 8.22. The number of nitrogens with zero attached hydrogens (tertiary/aromatic N) is 2. The molecule has 0 aliphatic heterocycles. The average Bonchev–Trinajstić information content (AvgIpc) is 2.73. The van der Waals surface area contributed by atoms with Gasteiger partial charge in [-0.2, -0.15) is 0 Å². The molecule has 0 saturated heterocycles. The zero-order valence-electron chi connectivity index (χ0n) is 17.1. The summed E-state index contributed by atoms with van der Waals surface area (Å²) < 4.78 is 23.2. The van der Waals surface area contributed by atoms with Gasteiger partial charge in [-0.3, -0.25) is 9.97 Å². The standard InChI is InChI=1S/C18H15ClN2O2S.C4H4O4/c1-12-3-4-14(10-20-12)18-17(9-15(19)11-21-18)13-5-7-16(8-6-13)24(2,22)23;5-3(6)1-2-4(7)8/h3-11H,1-2H3;1-2H,(H,5,6)(H,7,8)/b;2-1+. The largest absolute Gasteiger partial charge is 0.478 e. The van der Waals surface area contributed by atoms with Gasteiger partial charge in [-0.15, -0.1) is 0 Å². The number of pyridine rings is 2. The van der Waals surface area contributed by atoms with Crippen LogP contribution in [0.25, 0.3) is 22.4 Å². The van der Waals surface area contributed by atoms with Crippen LogP contribution < -0.4 is 0 Å². The third-order valence-electron chi connectivity index (χ3n) is 4.00. The first-order valence-electron chi connectivity index (χ1n) is 9.00. The molecule has 2 aromatic heterocycles. The maximum atomic E-state index is 11.6. The predicted molar refractivity (Wildman–Crippen MR) is 120 cm³/mol. The minimum Gasteiger partial charge on any atom is -0.478 e. The number of sulfone groups is 1. The summed E-state index contributed by atoms with van der Waals surface area (Å²) in [5, 5.41) is 16.1. The number of rotatable bonds is 5. The van der Waals surface area contributed by atoms with Crippen LogP contribution in [0.3, 0.4) is 0 Å². The van der Waals surface area contributed by atoms with Crippen molar-refractivity contribution in [2.45, 2.75) is 11.8 Å². The summed E-state index contributed by atoms with van der Waals surface area (Å²) in [4.78, 5) is 28.1. The fourth-order valence-corrected chi connectivity index (χ4v) is 3.31.